The lowest BCUT2D eigenvalue weighted by atomic mass is 10.2. The van der Waals surface area contributed by atoms with Gasteiger partial charge in [0.1, 0.15) is 0 Å². The predicted octanol–water partition coefficient (Wildman–Crippen LogP) is 2.23. The summed E-state index contributed by atoms with van der Waals surface area (Å²) in [5, 5.41) is 0. The first kappa shape index (κ1) is 13.2. The van der Waals surface area contributed by atoms with Gasteiger partial charge in [-0.15, -0.1) is 0 Å². The van der Waals surface area contributed by atoms with Crippen molar-refractivity contribution in [3.8, 4) is 0 Å². The molecule has 3 nitrogen and oxygen atoms in total. The third kappa shape index (κ3) is 4.35. The van der Waals surface area contributed by atoms with Gasteiger partial charge in [0.05, 0.1) is 7.11 Å². The summed E-state index contributed by atoms with van der Waals surface area (Å²) < 4.78 is 4.67. The lowest BCUT2D eigenvalue weighted by molar-refractivity contribution is -0.136. The van der Waals surface area contributed by atoms with Crippen molar-refractivity contribution in [1.29, 1.82) is 0 Å². The molecule has 0 atom stereocenters. The van der Waals surface area contributed by atoms with Gasteiger partial charge in [-0.1, -0.05) is 6.08 Å². The lowest BCUT2D eigenvalue weighted by Gasteiger charge is -2.25. The summed E-state index contributed by atoms with van der Waals surface area (Å²) >= 11 is 0. The molecule has 0 radical (unpaired) electrons. The Bertz CT molecular complexity index is 267. The molecule has 16 heavy (non-hydrogen) atoms. The van der Waals surface area contributed by atoms with Gasteiger partial charge in [-0.2, -0.15) is 0 Å². The van der Waals surface area contributed by atoms with E-state index in [0.717, 1.165) is 19.0 Å². The molecule has 1 aliphatic rings. The third-order valence-corrected chi connectivity index (χ3v) is 3.06. The van der Waals surface area contributed by atoms with Crippen LogP contribution < -0.4 is 0 Å². The van der Waals surface area contributed by atoms with E-state index in [1.54, 1.807) is 0 Å². The summed E-state index contributed by atoms with van der Waals surface area (Å²) in [6.07, 6.45) is 4.69. The number of ether oxygens (including phenoxy) is 1. The maximum atomic E-state index is 11.2. The zero-order valence-corrected chi connectivity index (χ0v) is 10.8. The summed E-state index contributed by atoms with van der Waals surface area (Å²) in [5.74, 6) is 0.657. The molecule has 1 saturated carbocycles. The zero-order valence-electron chi connectivity index (χ0n) is 10.8. The number of hydrogen-bond donors (Lipinski definition) is 0. The second-order valence-electron chi connectivity index (χ2n) is 4.87. The summed E-state index contributed by atoms with van der Waals surface area (Å²) in [5.41, 5.74) is 0.698. The molecular weight excluding hydrogens is 202 g/mol. The average Bonchev–Trinajstić information content (AvgIpc) is 3.05. The van der Waals surface area contributed by atoms with E-state index < -0.39 is 0 Å². The van der Waals surface area contributed by atoms with Crippen LogP contribution in [0, 0.1) is 5.92 Å². The second-order valence-corrected chi connectivity index (χ2v) is 4.87. The monoisotopic (exact) mass is 225 g/mol. The molecule has 1 aliphatic carbocycles. The zero-order chi connectivity index (χ0) is 12.1. The van der Waals surface area contributed by atoms with Crippen molar-refractivity contribution in [3.05, 3.63) is 11.6 Å². The molecule has 1 rings (SSSR count). The van der Waals surface area contributed by atoms with Crippen LogP contribution in [-0.4, -0.2) is 37.1 Å². The minimum absolute atomic E-state index is 0.227. The van der Waals surface area contributed by atoms with Crippen LogP contribution in [0.25, 0.3) is 0 Å². The van der Waals surface area contributed by atoms with Crippen LogP contribution in [-0.2, 0) is 9.53 Å². The normalized spacial score (nSPS) is 17.0. The van der Waals surface area contributed by atoms with Crippen molar-refractivity contribution < 1.29 is 9.53 Å². The summed E-state index contributed by atoms with van der Waals surface area (Å²) in [6, 6.07) is 0.530. The van der Waals surface area contributed by atoms with Gasteiger partial charge in [0.25, 0.3) is 0 Å². The van der Waals surface area contributed by atoms with Crippen LogP contribution in [0.3, 0.4) is 0 Å². The Kier molecular flexibility index (Phi) is 5.00. The van der Waals surface area contributed by atoms with Gasteiger partial charge in [-0.25, -0.2) is 4.79 Å². The quantitative estimate of drug-likeness (QED) is 0.513. The minimum Gasteiger partial charge on any atom is -0.466 e. The molecule has 0 aromatic carbocycles. The van der Waals surface area contributed by atoms with Crippen LogP contribution in [0.15, 0.2) is 11.6 Å². The van der Waals surface area contributed by atoms with Gasteiger partial charge in [0, 0.05) is 24.7 Å². The Morgan fingerprint density at radius 3 is 2.56 bits per heavy atom. The van der Waals surface area contributed by atoms with E-state index in [9.17, 15) is 4.79 Å². The van der Waals surface area contributed by atoms with E-state index in [-0.39, 0.29) is 5.97 Å². The van der Waals surface area contributed by atoms with Crippen molar-refractivity contribution in [2.75, 3.05) is 20.2 Å². The maximum absolute atomic E-state index is 11.2. The highest BCUT2D eigenvalue weighted by Gasteiger charge is 2.24. The Balaban J connectivity index is 2.44. The minimum atomic E-state index is -0.227. The van der Waals surface area contributed by atoms with Crippen LogP contribution in [0.1, 0.15) is 33.6 Å². The average molecular weight is 225 g/mol. The molecule has 3 heteroatoms. The number of nitrogens with zero attached hydrogens (tertiary/aromatic N) is 1. The summed E-state index contributed by atoms with van der Waals surface area (Å²) in [7, 11) is 1.42. The van der Waals surface area contributed by atoms with Crippen LogP contribution in [0.4, 0.5) is 0 Å². The third-order valence-electron chi connectivity index (χ3n) is 3.06. The molecule has 0 aliphatic heterocycles. The fourth-order valence-corrected chi connectivity index (χ4v) is 1.63. The maximum Gasteiger partial charge on any atom is 0.333 e. The number of carbonyl (C=O) groups excluding carboxylic acids is 1. The van der Waals surface area contributed by atoms with Crippen LogP contribution >= 0.6 is 0 Å². The molecule has 0 bridgehead atoms. The number of methoxy groups -OCH3 is 1. The first-order chi connectivity index (χ1) is 7.54. The predicted molar refractivity (Wildman–Crippen MR) is 65.2 cm³/mol. The van der Waals surface area contributed by atoms with Gasteiger partial charge in [0.2, 0.25) is 0 Å². The number of esters is 1. The highest BCUT2D eigenvalue weighted by atomic mass is 16.5. The van der Waals surface area contributed by atoms with Crippen molar-refractivity contribution in [2.24, 2.45) is 5.92 Å². The number of rotatable bonds is 6. The van der Waals surface area contributed by atoms with Crippen molar-refractivity contribution in [1.82, 2.24) is 4.90 Å². The number of hydrogen-bond acceptors (Lipinski definition) is 3. The standard InChI is InChI=1S/C13H23NO2/c1-10(2)14(9-12-5-6-12)8-7-11(3)13(15)16-4/h7,10,12H,5-6,8-9H2,1-4H3. The van der Waals surface area contributed by atoms with Gasteiger partial charge >= 0.3 is 5.97 Å². The molecule has 0 aromatic rings. The van der Waals surface area contributed by atoms with E-state index in [4.69, 9.17) is 0 Å². The van der Waals surface area contributed by atoms with E-state index in [1.165, 1.54) is 20.0 Å². The van der Waals surface area contributed by atoms with Gasteiger partial charge in [-0.3, -0.25) is 4.90 Å². The molecule has 1 fully saturated rings. The fourth-order valence-electron chi connectivity index (χ4n) is 1.63. The Morgan fingerprint density at radius 1 is 1.50 bits per heavy atom. The smallest absolute Gasteiger partial charge is 0.333 e. The SMILES string of the molecule is COC(=O)C(C)=CCN(CC1CC1)C(C)C. The first-order valence-corrected chi connectivity index (χ1v) is 6.03. The van der Waals surface area contributed by atoms with Gasteiger partial charge in [0.15, 0.2) is 0 Å². The van der Waals surface area contributed by atoms with Crippen LogP contribution in [0.5, 0.6) is 0 Å². The summed E-state index contributed by atoms with van der Waals surface area (Å²) in [6.45, 7) is 8.20. The molecule has 0 aromatic heterocycles. The highest BCUT2D eigenvalue weighted by molar-refractivity contribution is 5.87. The molecular formula is C13H23NO2. The molecule has 92 valence electrons. The topological polar surface area (TPSA) is 29.5 Å². The highest BCUT2D eigenvalue weighted by Crippen LogP contribution is 2.30. The van der Waals surface area contributed by atoms with Gasteiger partial charge in [-0.05, 0) is 39.5 Å². The first-order valence-electron chi connectivity index (χ1n) is 6.03. The second kappa shape index (κ2) is 6.04. The van der Waals surface area contributed by atoms with Crippen molar-refractivity contribution in [3.63, 3.8) is 0 Å². The number of carbonyl (C=O) groups is 1. The van der Waals surface area contributed by atoms with Crippen LogP contribution in [0.2, 0.25) is 0 Å². The summed E-state index contributed by atoms with van der Waals surface area (Å²) in [4.78, 5) is 13.6. The van der Waals surface area contributed by atoms with E-state index in [1.807, 2.05) is 13.0 Å². The van der Waals surface area contributed by atoms with Crippen molar-refractivity contribution >= 4 is 5.97 Å². The Morgan fingerprint density at radius 2 is 2.12 bits per heavy atom. The lowest BCUT2D eigenvalue weighted by Crippen LogP contribution is -2.33. The molecule has 0 unspecified atom stereocenters. The van der Waals surface area contributed by atoms with Crippen molar-refractivity contribution in [2.45, 2.75) is 39.7 Å². The van der Waals surface area contributed by atoms with E-state index in [2.05, 4.69) is 23.5 Å². The molecule has 0 amide bonds. The molecule has 0 saturated heterocycles. The Hall–Kier alpha value is -0.830. The molecule has 0 N–H and O–H groups in total. The van der Waals surface area contributed by atoms with E-state index >= 15 is 0 Å². The molecule has 0 spiro atoms. The largest absolute Gasteiger partial charge is 0.466 e. The fraction of sp³-hybridized carbons (Fsp3) is 0.769. The van der Waals surface area contributed by atoms with Gasteiger partial charge < -0.3 is 4.74 Å². The molecule has 0 heterocycles. The Labute approximate surface area is 98.5 Å². The van der Waals surface area contributed by atoms with E-state index in [0.29, 0.717) is 11.6 Å².